The quantitative estimate of drug-likeness (QED) is 0.823. The third-order valence-corrected chi connectivity index (χ3v) is 5.14. The first-order valence-electron chi connectivity index (χ1n) is 8.02. The lowest BCUT2D eigenvalue weighted by Crippen LogP contribution is -2.21. The Balaban J connectivity index is 1.65. The molecule has 2 aliphatic rings. The van der Waals surface area contributed by atoms with E-state index in [0.717, 1.165) is 29.9 Å². The largest absolute Gasteiger partial charge is 0.370 e. The summed E-state index contributed by atoms with van der Waals surface area (Å²) in [6.45, 7) is 6.58. The summed E-state index contributed by atoms with van der Waals surface area (Å²) < 4.78 is 0. The Kier molecular flexibility index (Phi) is 4.52. The molecule has 0 amide bonds. The second-order valence-electron chi connectivity index (χ2n) is 6.32. The number of fused-ring (bicyclic) bond motifs is 1. The molecule has 0 aromatic heterocycles. The molecule has 0 spiro atoms. The topological polar surface area (TPSA) is 15.3 Å². The molecule has 1 aliphatic heterocycles. The van der Waals surface area contributed by atoms with Crippen LogP contribution in [0, 0.1) is 11.8 Å². The minimum atomic E-state index is 0.914. The lowest BCUT2D eigenvalue weighted by Gasteiger charge is -2.21. The summed E-state index contributed by atoms with van der Waals surface area (Å²) >= 11 is 6.51. The average molecular weight is 293 g/mol. The van der Waals surface area contributed by atoms with Gasteiger partial charge in [0.2, 0.25) is 0 Å². The van der Waals surface area contributed by atoms with Crippen molar-refractivity contribution in [3.8, 4) is 0 Å². The van der Waals surface area contributed by atoms with Gasteiger partial charge in [-0.2, -0.15) is 0 Å². The molecule has 2 fully saturated rings. The zero-order valence-corrected chi connectivity index (χ0v) is 13.1. The van der Waals surface area contributed by atoms with Gasteiger partial charge >= 0.3 is 0 Å². The Morgan fingerprint density at radius 2 is 2.00 bits per heavy atom. The van der Waals surface area contributed by atoms with Crippen LogP contribution in [0.2, 0.25) is 5.02 Å². The highest BCUT2D eigenvalue weighted by atomic mass is 35.5. The van der Waals surface area contributed by atoms with Crippen molar-refractivity contribution in [2.45, 2.75) is 39.2 Å². The average Bonchev–Trinajstić information content (AvgIpc) is 3.00. The van der Waals surface area contributed by atoms with Crippen molar-refractivity contribution in [2.24, 2.45) is 11.8 Å². The molecule has 20 heavy (non-hydrogen) atoms. The van der Waals surface area contributed by atoms with Crippen molar-refractivity contribution in [3.05, 3.63) is 28.8 Å². The summed E-state index contributed by atoms with van der Waals surface area (Å²) in [6.07, 6.45) is 5.43. The van der Waals surface area contributed by atoms with E-state index in [1.807, 2.05) is 0 Å². The first-order valence-corrected chi connectivity index (χ1v) is 8.40. The van der Waals surface area contributed by atoms with E-state index >= 15 is 0 Å². The van der Waals surface area contributed by atoms with Crippen LogP contribution in [0.15, 0.2) is 18.2 Å². The third-order valence-electron chi connectivity index (χ3n) is 4.83. The summed E-state index contributed by atoms with van der Waals surface area (Å²) in [5.41, 5.74) is 2.52. The van der Waals surface area contributed by atoms with Crippen LogP contribution in [0.1, 0.15) is 38.2 Å². The number of rotatable bonds is 5. The molecule has 0 bridgehead atoms. The molecule has 1 saturated heterocycles. The van der Waals surface area contributed by atoms with Crippen molar-refractivity contribution in [2.75, 3.05) is 24.5 Å². The van der Waals surface area contributed by atoms with Gasteiger partial charge in [0.15, 0.2) is 0 Å². The van der Waals surface area contributed by atoms with Gasteiger partial charge in [-0.15, -0.1) is 0 Å². The maximum atomic E-state index is 6.51. The fourth-order valence-corrected chi connectivity index (χ4v) is 4.08. The monoisotopic (exact) mass is 292 g/mol. The predicted octanol–water partition coefficient (Wildman–Crippen LogP) is 4.08. The summed E-state index contributed by atoms with van der Waals surface area (Å²) in [6, 6.07) is 6.57. The normalized spacial score (nSPS) is 25.2. The van der Waals surface area contributed by atoms with Gasteiger partial charge in [-0.1, -0.05) is 31.0 Å². The van der Waals surface area contributed by atoms with Crippen LogP contribution in [0.25, 0.3) is 0 Å². The highest BCUT2D eigenvalue weighted by Gasteiger charge is 2.36. The van der Waals surface area contributed by atoms with Crippen molar-refractivity contribution < 1.29 is 0 Å². The van der Waals surface area contributed by atoms with Gasteiger partial charge in [0, 0.05) is 19.6 Å². The van der Waals surface area contributed by atoms with Crippen LogP contribution in [0.4, 0.5) is 5.69 Å². The van der Waals surface area contributed by atoms with E-state index < -0.39 is 0 Å². The van der Waals surface area contributed by atoms with Gasteiger partial charge < -0.3 is 10.2 Å². The molecular weight excluding hydrogens is 268 g/mol. The molecule has 1 aromatic rings. The molecule has 1 aromatic carbocycles. The Hall–Kier alpha value is -0.730. The lowest BCUT2D eigenvalue weighted by atomic mass is 10.0. The van der Waals surface area contributed by atoms with E-state index in [0.29, 0.717) is 0 Å². The molecule has 2 unspecified atom stereocenters. The lowest BCUT2D eigenvalue weighted by molar-refractivity contribution is 0.494. The molecule has 2 nitrogen and oxygen atoms in total. The first-order chi connectivity index (χ1) is 9.78. The standard InChI is InChI=1S/C17H25ClN2/c1-2-8-19-10-13-6-7-17(16(18)9-13)20-11-14-4-3-5-15(14)12-20/h6-7,9,14-15,19H,2-5,8,10-12H2,1H3. The molecule has 3 rings (SSSR count). The van der Waals surface area contributed by atoms with Crippen LogP contribution in [-0.4, -0.2) is 19.6 Å². The van der Waals surface area contributed by atoms with Crippen LogP contribution in [-0.2, 0) is 6.54 Å². The minimum Gasteiger partial charge on any atom is -0.370 e. The minimum absolute atomic E-state index is 0.914. The van der Waals surface area contributed by atoms with Gasteiger partial charge in [-0.3, -0.25) is 0 Å². The fourth-order valence-electron chi connectivity index (χ4n) is 3.76. The molecule has 1 heterocycles. The number of nitrogens with one attached hydrogen (secondary N) is 1. The number of hydrogen-bond donors (Lipinski definition) is 1. The van der Waals surface area contributed by atoms with Crippen LogP contribution in [0.3, 0.4) is 0 Å². The molecule has 1 N–H and O–H groups in total. The SMILES string of the molecule is CCCNCc1ccc(N2CC3CCCC3C2)c(Cl)c1. The molecule has 1 saturated carbocycles. The van der Waals surface area contributed by atoms with Gasteiger partial charge in [-0.05, 0) is 55.3 Å². The van der Waals surface area contributed by atoms with E-state index in [1.54, 1.807) is 0 Å². The Bertz CT molecular complexity index is 448. The zero-order chi connectivity index (χ0) is 13.9. The second-order valence-corrected chi connectivity index (χ2v) is 6.73. The van der Waals surface area contributed by atoms with Gasteiger partial charge in [0.25, 0.3) is 0 Å². The molecule has 1 aliphatic carbocycles. The fraction of sp³-hybridized carbons (Fsp3) is 0.647. The summed E-state index contributed by atoms with van der Waals surface area (Å²) in [5, 5.41) is 4.35. The summed E-state index contributed by atoms with van der Waals surface area (Å²) in [4.78, 5) is 2.50. The predicted molar refractivity (Wildman–Crippen MR) is 86.5 cm³/mol. The van der Waals surface area contributed by atoms with Crippen molar-refractivity contribution in [1.29, 1.82) is 0 Å². The Morgan fingerprint density at radius 1 is 1.25 bits per heavy atom. The van der Waals surface area contributed by atoms with E-state index in [4.69, 9.17) is 11.6 Å². The molecule has 0 radical (unpaired) electrons. The van der Waals surface area contributed by atoms with E-state index in [-0.39, 0.29) is 0 Å². The number of halogens is 1. The van der Waals surface area contributed by atoms with Crippen LogP contribution >= 0.6 is 11.6 Å². The molecule has 110 valence electrons. The highest BCUT2D eigenvalue weighted by molar-refractivity contribution is 6.33. The third kappa shape index (κ3) is 2.96. The van der Waals surface area contributed by atoms with E-state index in [9.17, 15) is 0 Å². The number of benzene rings is 1. The van der Waals surface area contributed by atoms with Gasteiger partial charge in [-0.25, -0.2) is 0 Å². The second kappa shape index (κ2) is 6.36. The van der Waals surface area contributed by atoms with E-state index in [2.05, 4.69) is 35.3 Å². The summed E-state index contributed by atoms with van der Waals surface area (Å²) in [5.74, 6) is 1.83. The van der Waals surface area contributed by atoms with Crippen molar-refractivity contribution in [3.63, 3.8) is 0 Å². The number of nitrogens with zero attached hydrogens (tertiary/aromatic N) is 1. The van der Waals surface area contributed by atoms with Crippen LogP contribution < -0.4 is 10.2 Å². The smallest absolute Gasteiger partial charge is 0.0642 e. The Morgan fingerprint density at radius 3 is 2.65 bits per heavy atom. The van der Waals surface area contributed by atoms with E-state index in [1.165, 1.54) is 50.0 Å². The van der Waals surface area contributed by atoms with Crippen molar-refractivity contribution >= 4 is 17.3 Å². The molecule has 2 atom stereocenters. The van der Waals surface area contributed by atoms with Crippen molar-refractivity contribution in [1.82, 2.24) is 5.32 Å². The van der Waals surface area contributed by atoms with Gasteiger partial charge in [0.05, 0.1) is 10.7 Å². The molecule has 3 heteroatoms. The van der Waals surface area contributed by atoms with Crippen LogP contribution in [0.5, 0.6) is 0 Å². The summed E-state index contributed by atoms with van der Waals surface area (Å²) in [7, 11) is 0. The number of anilines is 1. The highest BCUT2D eigenvalue weighted by Crippen LogP contribution is 2.41. The first kappa shape index (κ1) is 14.2. The van der Waals surface area contributed by atoms with Gasteiger partial charge in [0.1, 0.15) is 0 Å². The number of hydrogen-bond acceptors (Lipinski definition) is 2. The maximum Gasteiger partial charge on any atom is 0.0642 e. The Labute approximate surface area is 127 Å². The maximum absolute atomic E-state index is 6.51. The molecular formula is C17H25ClN2. The zero-order valence-electron chi connectivity index (χ0n) is 12.4.